The van der Waals surface area contributed by atoms with Crippen LogP contribution in [-0.2, 0) is 68.7 Å². The maximum Gasteiger partial charge on any atom is 0.326 e. The van der Waals surface area contributed by atoms with E-state index in [4.69, 9.17) is 34.4 Å². The summed E-state index contributed by atoms with van der Waals surface area (Å²) in [6, 6.07) is -5.67. The van der Waals surface area contributed by atoms with Crippen LogP contribution in [0.2, 0.25) is 0 Å². The molecule has 1 aromatic rings. The first kappa shape index (κ1) is 72.5. The van der Waals surface area contributed by atoms with Crippen LogP contribution in [0.1, 0.15) is 111 Å². The minimum Gasteiger partial charge on any atom is -0.481 e. The summed E-state index contributed by atoms with van der Waals surface area (Å²) >= 11 is 0. The topological polar surface area (TPSA) is 539 Å². The number of aliphatic imine (C=N–C) groups is 1. The number of nitrogens with zero attached hydrogens (tertiary/aromatic N) is 1. The summed E-state index contributed by atoms with van der Waals surface area (Å²) in [7, 11) is 0. The molecule has 0 aromatic heterocycles. The van der Waals surface area contributed by atoms with Crippen molar-refractivity contribution >= 4 is 82.9 Å². The zero-order chi connectivity index (χ0) is 63.1. The fourth-order valence-electron chi connectivity index (χ4n) is 8.00. The van der Waals surface area contributed by atoms with Crippen LogP contribution < -0.4 is 82.3 Å². The van der Waals surface area contributed by atoms with Crippen molar-refractivity contribution < 1.29 is 72.5 Å². The number of rotatable bonds is 40. The van der Waals surface area contributed by atoms with Gasteiger partial charge in [-0.05, 0) is 62.0 Å². The minimum atomic E-state index is -1.96. The molecular formula is C52H86N16O15. The standard InChI is InChI=1S/C52H86N16O15/c1-7-28(6)42(51(82)83)68-45(76)31(17-13-19-59-52(57)58)62-46(77)33(21-29-14-9-8-10-15-29)64-48(79)36(24-40(72)73)66-50(81)41(27(4)5)67-49(80)35(23-38(56)70)65-47(78)34(22-37(55)69)61-39(71)25-60-44(75)32(20-26(2)3)63-43(74)30(54)16-11-12-18-53/h8-10,14-15,26-28,30-36,41-42H,7,11-13,16-25,53-54H2,1-6H3,(H2,55,69)(H2,56,70)(H,60,75)(H,61,71)(H,62,77)(H,63,74)(H,64,79)(H,65,78)(H,66,81)(H,67,80)(H,68,76)(H,72,73)(H,82,83)(H4,57,58,59)/t28-,30-,31-,32-,33-,34-,35-,36-,41-,42-/m0/s1. The van der Waals surface area contributed by atoms with Crippen LogP contribution in [0, 0.1) is 17.8 Å². The van der Waals surface area contributed by atoms with E-state index in [1.165, 1.54) is 13.8 Å². The first-order valence-electron chi connectivity index (χ1n) is 27.2. The van der Waals surface area contributed by atoms with Gasteiger partial charge in [0.1, 0.15) is 48.3 Å². The lowest BCUT2D eigenvalue weighted by molar-refractivity contribution is -0.144. The van der Waals surface area contributed by atoms with Crippen LogP contribution in [-0.4, -0.2) is 167 Å². The first-order chi connectivity index (χ1) is 38.9. The smallest absolute Gasteiger partial charge is 0.326 e. The summed E-state index contributed by atoms with van der Waals surface area (Å²) in [6.07, 6.45) is -1.15. The van der Waals surface area contributed by atoms with Crippen LogP contribution in [0.5, 0.6) is 0 Å². The lowest BCUT2D eigenvalue weighted by atomic mass is 9.98. The van der Waals surface area contributed by atoms with E-state index < -0.39 is 169 Å². The number of carbonyl (C=O) groups is 13. The molecular weight excluding hydrogens is 1090 g/mol. The van der Waals surface area contributed by atoms with E-state index in [1.807, 2.05) is 0 Å². The maximum atomic E-state index is 14.2. The van der Waals surface area contributed by atoms with Crippen molar-refractivity contribution in [1.82, 2.24) is 47.9 Å². The molecule has 83 heavy (non-hydrogen) atoms. The molecule has 0 heterocycles. The number of carboxylic acids is 2. The molecule has 10 atom stereocenters. The van der Waals surface area contributed by atoms with E-state index in [-0.39, 0.29) is 44.1 Å². The average Bonchev–Trinajstić information content (AvgIpc) is 3.42. The molecule has 0 fully saturated rings. The van der Waals surface area contributed by atoms with Crippen LogP contribution >= 0.6 is 0 Å². The number of nitrogens with two attached hydrogens (primary N) is 6. The Morgan fingerprint density at radius 3 is 1.55 bits per heavy atom. The minimum absolute atomic E-state index is 0.00797. The summed E-state index contributed by atoms with van der Waals surface area (Å²) in [6.45, 7) is 9.37. The Morgan fingerprint density at radius 1 is 0.542 bits per heavy atom. The van der Waals surface area contributed by atoms with Crippen molar-refractivity contribution in [3.63, 3.8) is 0 Å². The van der Waals surface area contributed by atoms with Gasteiger partial charge >= 0.3 is 11.9 Å². The number of nitrogens with one attached hydrogen (secondary N) is 9. The first-order valence-corrected chi connectivity index (χ1v) is 27.2. The van der Waals surface area contributed by atoms with Gasteiger partial charge in [-0.15, -0.1) is 0 Å². The fourth-order valence-corrected chi connectivity index (χ4v) is 8.00. The molecule has 464 valence electrons. The number of benzene rings is 1. The van der Waals surface area contributed by atoms with Gasteiger partial charge in [0.25, 0.3) is 0 Å². The quantitative estimate of drug-likeness (QED) is 0.0166. The van der Waals surface area contributed by atoms with Gasteiger partial charge in [-0.3, -0.25) is 62.5 Å². The van der Waals surface area contributed by atoms with E-state index in [0.29, 0.717) is 37.8 Å². The summed E-state index contributed by atoms with van der Waals surface area (Å²) in [5, 5.41) is 41.1. The Balaban J connectivity index is 3.46. The molecule has 0 unspecified atom stereocenters. The third-order valence-corrected chi connectivity index (χ3v) is 12.7. The third kappa shape index (κ3) is 28.7. The van der Waals surface area contributed by atoms with Crippen molar-refractivity contribution in [2.75, 3.05) is 19.6 Å². The highest BCUT2D eigenvalue weighted by atomic mass is 16.4. The molecule has 1 aromatic carbocycles. The van der Waals surface area contributed by atoms with Gasteiger partial charge < -0.3 is 92.5 Å². The number of guanidine groups is 1. The van der Waals surface area contributed by atoms with Gasteiger partial charge in [0.15, 0.2) is 5.96 Å². The number of hydrogen-bond donors (Lipinski definition) is 17. The molecule has 0 spiro atoms. The van der Waals surface area contributed by atoms with Crippen molar-refractivity contribution in [1.29, 1.82) is 0 Å². The number of carboxylic acid groups (broad SMARTS) is 2. The fraction of sp³-hybridized carbons (Fsp3) is 0.615. The second-order valence-corrected chi connectivity index (χ2v) is 20.7. The third-order valence-electron chi connectivity index (χ3n) is 12.7. The predicted octanol–water partition coefficient (Wildman–Crippen LogP) is -5.21. The molecule has 0 saturated heterocycles. The SMILES string of the molecule is CC[C@H](C)[C@H](NC(=O)[C@H](CCCN=C(N)N)NC(=O)[C@H](Cc1ccccc1)NC(=O)[C@H](CC(=O)O)NC(=O)[C@@H](NC(=O)[C@H](CC(N)=O)NC(=O)[C@H](CC(N)=O)NC(=O)CNC(=O)[C@H](CC(C)C)NC(=O)[C@@H](N)CCCCN)C(C)C)C(=O)O. The Labute approximate surface area is 481 Å². The molecule has 31 nitrogen and oxygen atoms in total. The average molecular weight is 1180 g/mol. The normalized spacial score (nSPS) is 14.6. The molecule has 0 aliphatic carbocycles. The highest BCUT2D eigenvalue weighted by Gasteiger charge is 2.37. The number of hydrogen-bond acceptors (Lipinski definition) is 16. The van der Waals surface area contributed by atoms with Crippen LogP contribution in [0.4, 0.5) is 0 Å². The molecule has 0 aliphatic rings. The number of amides is 11. The molecule has 0 saturated carbocycles. The van der Waals surface area contributed by atoms with Gasteiger partial charge in [0.05, 0.1) is 31.8 Å². The van der Waals surface area contributed by atoms with Crippen molar-refractivity contribution in [3.05, 3.63) is 35.9 Å². The van der Waals surface area contributed by atoms with E-state index >= 15 is 0 Å². The molecule has 11 amide bonds. The summed E-state index contributed by atoms with van der Waals surface area (Å²) in [5.41, 5.74) is 33.6. The zero-order valence-electron chi connectivity index (χ0n) is 47.8. The van der Waals surface area contributed by atoms with Crippen LogP contribution in [0.25, 0.3) is 0 Å². The Morgan fingerprint density at radius 2 is 1.04 bits per heavy atom. The Bertz CT molecular complexity index is 2420. The summed E-state index contributed by atoms with van der Waals surface area (Å²) in [4.78, 5) is 175. The monoisotopic (exact) mass is 1170 g/mol. The molecule has 0 aliphatic heterocycles. The summed E-state index contributed by atoms with van der Waals surface area (Å²) < 4.78 is 0. The Hall–Kier alpha value is -8.48. The number of carbonyl (C=O) groups excluding carboxylic acids is 11. The Kier molecular flexibility index (Phi) is 32.8. The van der Waals surface area contributed by atoms with E-state index in [9.17, 15) is 72.5 Å². The van der Waals surface area contributed by atoms with E-state index in [1.54, 1.807) is 58.0 Å². The number of aliphatic carboxylic acids is 2. The molecule has 31 heteroatoms. The number of primary amides is 2. The second-order valence-electron chi connectivity index (χ2n) is 20.7. The predicted molar refractivity (Wildman–Crippen MR) is 301 cm³/mol. The van der Waals surface area contributed by atoms with Gasteiger partial charge in [-0.1, -0.05) is 84.7 Å². The maximum absolute atomic E-state index is 14.2. The lowest BCUT2D eigenvalue weighted by Gasteiger charge is -2.28. The van der Waals surface area contributed by atoms with Gasteiger partial charge in [0.2, 0.25) is 65.0 Å². The second kappa shape index (κ2) is 37.5. The van der Waals surface area contributed by atoms with Gasteiger partial charge in [0, 0.05) is 13.0 Å². The van der Waals surface area contributed by atoms with Crippen LogP contribution in [0.15, 0.2) is 35.3 Å². The largest absolute Gasteiger partial charge is 0.481 e. The molecule has 23 N–H and O–H groups in total. The molecule has 0 radical (unpaired) electrons. The highest BCUT2D eigenvalue weighted by molar-refractivity contribution is 6.00. The highest BCUT2D eigenvalue weighted by Crippen LogP contribution is 2.13. The van der Waals surface area contributed by atoms with Crippen molar-refractivity contribution in [2.45, 2.75) is 167 Å². The van der Waals surface area contributed by atoms with E-state index in [0.717, 1.165) is 0 Å². The lowest BCUT2D eigenvalue weighted by Crippen LogP contribution is -2.61. The van der Waals surface area contributed by atoms with Crippen molar-refractivity contribution in [3.8, 4) is 0 Å². The molecule has 1 rings (SSSR count). The van der Waals surface area contributed by atoms with Crippen LogP contribution in [0.3, 0.4) is 0 Å². The number of unbranched alkanes of at least 4 members (excludes halogenated alkanes) is 1. The van der Waals surface area contributed by atoms with E-state index in [2.05, 4.69) is 52.8 Å². The summed E-state index contributed by atoms with van der Waals surface area (Å²) in [5.74, 6) is -16.2. The molecule has 0 bridgehead atoms. The van der Waals surface area contributed by atoms with Gasteiger partial charge in [-0.25, -0.2) is 4.79 Å². The van der Waals surface area contributed by atoms with Crippen molar-refractivity contribution in [2.24, 2.45) is 57.1 Å². The zero-order valence-corrected chi connectivity index (χ0v) is 47.8. The van der Waals surface area contributed by atoms with Gasteiger partial charge in [-0.2, -0.15) is 0 Å².